The summed E-state index contributed by atoms with van der Waals surface area (Å²) in [6.45, 7) is 9.60. The number of aryl methyl sites for hydroxylation is 2. The van der Waals surface area contributed by atoms with Gasteiger partial charge in [0.1, 0.15) is 12.4 Å². The van der Waals surface area contributed by atoms with E-state index in [-0.39, 0.29) is 5.16 Å². The largest absolute Gasteiger partial charge is 0.489 e. The Labute approximate surface area is 184 Å². The lowest BCUT2D eigenvalue weighted by atomic mass is 9.95. The minimum absolute atomic E-state index is 0.0120. The van der Waals surface area contributed by atoms with Crippen LogP contribution in [0.5, 0.6) is 5.75 Å². The molecule has 0 bridgehead atoms. The smallest absolute Gasteiger partial charge is 0.123 e. The molecule has 0 aliphatic rings. The maximum Gasteiger partial charge on any atom is 0.123 e. The molecule has 30 heavy (non-hydrogen) atoms. The van der Waals surface area contributed by atoms with E-state index < -0.39 is 0 Å². The van der Waals surface area contributed by atoms with Crippen LogP contribution in [0.4, 0.5) is 5.69 Å². The van der Waals surface area contributed by atoms with Gasteiger partial charge < -0.3 is 9.64 Å². The average Bonchev–Trinajstić information content (AvgIpc) is 2.74. The molecular formula is C27H34NOP. The van der Waals surface area contributed by atoms with Crippen molar-refractivity contribution in [2.75, 3.05) is 19.0 Å². The summed E-state index contributed by atoms with van der Waals surface area (Å²) in [7, 11) is 4.92. The second-order valence-corrected chi connectivity index (χ2v) is 10.4. The Bertz CT molecular complexity index is 983. The molecule has 2 nitrogen and oxygen atoms in total. The van der Waals surface area contributed by atoms with Gasteiger partial charge >= 0.3 is 0 Å². The predicted molar refractivity (Wildman–Crippen MR) is 133 cm³/mol. The Morgan fingerprint density at radius 2 is 1.57 bits per heavy atom. The summed E-state index contributed by atoms with van der Waals surface area (Å²) in [5.41, 5.74) is 6.39. The van der Waals surface area contributed by atoms with Gasteiger partial charge in [0.15, 0.2) is 0 Å². The van der Waals surface area contributed by atoms with Crippen LogP contribution in [-0.4, -0.2) is 14.1 Å². The van der Waals surface area contributed by atoms with E-state index in [0.717, 1.165) is 12.2 Å². The maximum atomic E-state index is 6.35. The van der Waals surface area contributed by atoms with Crippen LogP contribution in [0.3, 0.4) is 0 Å². The molecule has 0 saturated heterocycles. The molecule has 0 aliphatic heterocycles. The summed E-state index contributed by atoms with van der Waals surface area (Å²) >= 11 is 0. The van der Waals surface area contributed by atoms with Crippen molar-refractivity contribution in [3.8, 4) is 5.75 Å². The van der Waals surface area contributed by atoms with Gasteiger partial charge in [-0.1, -0.05) is 82.6 Å². The topological polar surface area (TPSA) is 12.5 Å². The van der Waals surface area contributed by atoms with Gasteiger partial charge in [0.25, 0.3) is 0 Å². The SMILES string of the molecule is CCC(C)(Pc1ccc(C)cc1N(C)C)c1cc(C)ccc1OCc1ccccc1. The predicted octanol–water partition coefficient (Wildman–Crippen LogP) is 6.58. The van der Waals surface area contributed by atoms with E-state index >= 15 is 0 Å². The third-order valence-corrected chi connectivity index (χ3v) is 7.59. The first-order chi connectivity index (χ1) is 14.3. The van der Waals surface area contributed by atoms with Crippen LogP contribution in [0, 0.1) is 13.8 Å². The molecule has 0 radical (unpaired) electrons. The fraction of sp³-hybridized carbons (Fsp3) is 0.333. The number of hydrogen-bond donors (Lipinski definition) is 0. The summed E-state index contributed by atoms with van der Waals surface area (Å²) in [5, 5.41) is 1.42. The van der Waals surface area contributed by atoms with Crippen LogP contribution in [0.15, 0.2) is 66.7 Å². The van der Waals surface area contributed by atoms with Gasteiger partial charge in [-0.05, 0) is 48.8 Å². The summed E-state index contributed by atoms with van der Waals surface area (Å²) in [6, 6.07) is 23.8. The van der Waals surface area contributed by atoms with E-state index in [4.69, 9.17) is 4.74 Å². The monoisotopic (exact) mass is 419 g/mol. The van der Waals surface area contributed by atoms with Crippen LogP contribution in [0.1, 0.15) is 42.5 Å². The quantitative estimate of drug-likeness (QED) is 0.383. The zero-order valence-corrected chi connectivity index (χ0v) is 20.1. The van der Waals surface area contributed by atoms with Crippen molar-refractivity contribution in [3.63, 3.8) is 0 Å². The Kier molecular flexibility index (Phi) is 7.21. The molecule has 3 aromatic rings. The first kappa shape index (κ1) is 22.4. The molecule has 3 heteroatoms. The van der Waals surface area contributed by atoms with Crippen molar-refractivity contribution in [3.05, 3.63) is 89.0 Å². The number of anilines is 1. The number of rotatable bonds is 8. The highest BCUT2D eigenvalue weighted by Gasteiger charge is 2.30. The van der Waals surface area contributed by atoms with Gasteiger partial charge in [-0.3, -0.25) is 0 Å². The molecule has 3 aromatic carbocycles. The molecule has 0 fully saturated rings. The highest BCUT2D eigenvalue weighted by molar-refractivity contribution is 7.49. The lowest BCUT2D eigenvalue weighted by Gasteiger charge is -2.33. The van der Waals surface area contributed by atoms with Crippen molar-refractivity contribution in [2.24, 2.45) is 0 Å². The molecule has 0 amide bonds. The molecule has 0 spiro atoms. The fourth-order valence-corrected chi connectivity index (χ4v) is 5.39. The van der Waals surface area contributed by atoms with Crippen molar-refractivity contribution in [1.82, 2.24) is 0 Å². The standard InChI is InChI=1S/C27H34NOP/c1-7-27(4,30-26-16-14-21(3)18-24(26)28(5)6)23-17-20(2)13-15-25(23)29-19-22-11-9-8-10-12-22/h8-18,30H,7,19H2,1-6H3. The van der Waals surface area contributed by atoms with E-state index in [1.807, 2.05) is 6.07 Å². The molecule has 0 N–H and O–H groups in total. The highest BCUT2D eigenvalue weighted by atomic mass is 31.1. The molecule has 0 aliphatic carbocycles. The number of benzene rings is 3. The van der Waals surface area contributed by atoms with Gasteiger partial charge in [-0.2, -0.15) is 0 Å². The maximum absolute atomic E-state index is 6.35. The van der Waals surface area contributed by atoms with Gasteiger partial charge in [-0.15, -0.1) is 0 Å². The summed E-state index contributed by atoms with van der Waals surface area (Å²) in [6.07, 6.45) is 1.05. The Hall–Kier alpha value is -2.31. The third kappa shape index (κ3) is 5.24. The number of ether oxygens (including phenoxy) is 1. The molecule has 2 unspecified atom stereocenters. The van der Waals surface area contributed by atoms with Crippen LogP contribution in [0.25, 0.3) is 0 Å². The van der Waals surface area contributed by atoms with Gasteiger partial charge in [0.2, 0.25) is 0 Å². The van der Waals surface area contributed by atoms with Gasteiger partial charge in [0, 0.05) is 30.5 Å². The lowest BCUT2D eigenvalue weighted by molar-refractivity contribution is 0.299. The zero-order valence-electron chi connectivity index (χ0n) is 19.1. The summed E-state index contributed by atoms with van der Waals surface area (Å²) in [4.78, 5) is 2.23. The average molecular weight is 420 g/mol. The first-order valence-corrected chi connectivity index (χ1v) is 11.7. The first-order valence-electron chi connectivity index (χ1n) is 10.7. The Balaban J connectivity index is 1.96. The van der Waals surface area contributed by atoms with E-state index in [0.29, 0.717) is 15.2 Å². The molecule has 2 atom stereocenters. The highest BCUT2D eigenvalue weighted by Crippen LogP contribution is 2.48. The van der Waals surface area contributed by atoms with E-state index in [2.05, 4.69) is 107 Å². The van der Waals surface area contributed by atoms with Crippen molar-refractivity contribution in [2.45, 2.75) is 45.9 Å². The van der Waals surface area contributed by atoms with Crippen LogP contribution >= 0.6 is 8.58 Å². The molecule has 158 valence electrons. The van der Waals surface area contributed by atoms with Gasteiger partial charge in [-0.25, -0.2) is 0 Å². The summed E-state index contributed by atoms with van der Waals surface area (Å²) < 4.78 is 6.35. The Morgan fingerprint density at radius 3 is 2.23 bits per heavy atom. The van der Waals surface area contributed by atoms with Crippen molar-refractivity contribution < 1.29 is 4.74 Å². The summed E-state index contributed by atoms with van der Waals surface area (Å²) in [5.74, 6) is 1.000. The fourth-order valence-electron chi connectivity index (χ4n) is 3.70. The van der Waals surface area contributed by atoms with E-state index in [9.17, 15) is 0 Å². The second-order valence-electron chi connectivity index (χ2n) is 8.50. The molecule has 0 saturated carbocycles. The third-order valence-electron chi connectivity index (χ3n) is 5.72. The number of hydrogen-bond acceptors (Lipinski definition) is 2. The van der Waals surface area contributed by atoms with E-state index in [1.165, 1.54) is 33.2 Å². The van der Waals surface area contributed by atoms with Crippen LogP contribution in [-0.2, 0) is 11.8 Å². The lowest BCUT2D eigenvalue weighted by Crippen LogP contribution is -2.23. The van der Waals surface area contributed by atoms with Gasteiger partial charge in [0.05, 0.1) is 0 Å². The Morgan fingerprint density at radius 1 is 0.900 bits per heavy atom. The van der Waals surface area contributed by atoms with Crippen LogP contribution in [0.2, 0.25) is 0 Å². The molecule has 0 aromatic heterocycles. The second kappa shape index (κ2) is 9.67. The normalized spacial score (nSPS) is 13.4. The van der Waals surface area contributed by atoms with Crippen molar-refractivity contribution >= 4 is 19.6 Å². The van der Waals surface area contributed by atoms with Crippen LogP contribution < -0.4 is 14.9 Å². The number of nitrogens with zero attached hydrogens (tertiary/aromatic N) is 1. The molecular weight excluding hydrogens is 385 g/mol. The van der Waals surface area contributed by atoms with E-state index in [1.54, 1.807) is 0 Å². The molecule has 3 rings (SSSR count). The molecule has 0 heterocycles. The zero-order chi connectivity index (χ0) is 21.7. The minimum atomic E-state index is 0.0120. The van der Waals surface area contributed by atoms with Crippen molar-refractivity contribution in [1.29, 1.82) is 0 Å². The minimum Gasteiger partial charge on any atom is -0.489 e.